The minimum absolute atomic E-state index is 0.00643. The van der Waals surface area contributed by atoms with Crippen molar-refractivity contribution < 1.29 is 31.9 Å². The van der Waals surface area contributed by atoms with Crippen molar-refractivity contribution >= 4 is 55.9 Å². The molecule has 1 aromatic carbocycles. The van der Waals surface area contributed by atoms with Gasteiger partial charge in [0.2, 0.25) is 25.9 Å². The molecule has 1 aromatic heterocycles. The molecule has 0 spiro atoms. The van der Waals surface area contributed by atoms with Crippen LogP contribution in [0, 0.1) is 5.41 Å². The highest BCUT2D eigenvalue weighted by Crippen LogP contribution is 2.32. The van der Waals surface area contributed by atoms with Crippen LogP contribution < -0.4 is 9.47 Å². The third kappa shape index (κ3) is 4.19. The van der Waals surface area contributed by atoms with Gasteiger partial charge in [0.15, 0.2) is 11.5 Å². The van der Waals surface area contributed by atoms with E-state index in [1.807, 2.05) is 0 Å². The van der Waals surface area contributed by atoms with Crippen molar-refractivity contribution in [2.45, 2.75) is 6.92 Å². The van der Waals surface area contributed by atoms with Crippen LogP contribution in [-0.2, 0) is 14.6 Å². The van der Waals surface area contributed by atoms with Gasteiger partial charge in [-0.05, 0) is 35.9 Å². The van der Waals surface area contributed by atoms with E-state index in [4.69, 9.17) is 19.3 Å². The number of aliphatic imine (C=N–C) groups is 1. The summed E-state index contributed by atoms with van der Waals surface area (Å²) in [6.45, 7) is 1.46. The van der Waals surface area contributed by atoms with Crippen molar-refractivity contribution in [3.63, 3.8) is 0 Å². The zero-order chi connectivity index (χ0) is 23.8. The first-order valence-corrected chi connectivity index (χ1v) is 11.8. The number of furan rings is 1. The Morgan fingerprint density at radius 2 is 2.09 bits per heavy atom. The number of sulfone groups is 1. The predicted molar refractivity (Wildman–Crippen MR) is 121 cm³/mol. The number of hydrogen-bond donors (Lipinski definition) is 1. The smallest absolute Gasteiger partial charge is 0.379 e. The molecule has 0 saturated heterocycles. The number of amidine groups is 3. The predicted octanol–water partition coefficient (Wildman–Crippen LogP) is 2.52. The molecule has 0 bridgehead atoms. The van der Waals surface area contributed by atoms with Crippen LogP contribution in [0.3, 0.4) is 0 Å². The standard InChI is InChI=1S/C20H16N4O7S2/c1-3-33(27,28)20-23-32-19-22-17(25)12(16(21)24(19)20)9-11-6-7-13(15(10-11)29-2)31-18(26)14-5-4-8-30-14/h4-10,21H,3H2,1-2H3/b12-9-,21-16?. The second kappa shape index (κ2) is 8.67. The highest BCUT2D eigenvalue weighted by atomic mass is 32.2. The molecule has 1 amide bonds. The molecule has 0 atom stereocenters. The van der Waals surface area contributed by atoms with Gasteiger partial charge in [-0.25, -0.2) is 18.1 Å². The summed E-state index contributed by atoms with van der Waals surface area (Å²) >= 11 is 0.725. The molecular weight excluding hydrogens is 472 g/mol. The number of benzene rings is 1. The second-order valence-electron chi connectivity index (χ2n) is 6.59. The number of hydrogen-bond acceptors (Lipinski definition) is 10. The zero-order valence-corrected chi connectivity index (χ0v) is 18.9. The van der Waals surface area contributed by atoms with Crippen molar-refractivity contribution in [3.8, 4) is 11.5 Å². The Morgan fingerprint density at radius 1 is 1.30 bits per heavy atom. The Bertz CT molecular complexity index is 1360. The van der Waals surface area contributed by atoms with E-state index >= 15 is 0 Å². The molecule has 2 aliphatic heterocycles. The van der Waals surface area contributed by atoms with Crippen molar-refractivity contribution in [1.29, 1.82) is 5.41 Å². The molecule has 2 aliphatic rings. The van der Waals surface area contributed by atoms with E-state index in [0.717, 1.165) is 16.8 Å². The van der Waals surface area contributed by atoms with Gasteiger partial charge in [-0.15, -0.1) is 0 Å². The maximum atomic E-state index is 12.5. The first-order valence-electron chi connectivity index (χ1n) is 9.40. The molecule has 0 fully saturated rings. The molecule has 33 heavy (non-hydrogen) atoms. The monoisotopic (exact) mass is 488 g/mol. The van der Waals surface area contributed by atoms with E-state index in [2.05, 4.69) is 9.39 Å². The molecular formula is C20H16N4O7S2. The minimum Gasteiger partial charge on any atom is -0.493 e. The van der Waals surface area contributed by atoms with Crippen LogP contribution in [-0.4, -0.2) is 54.2 Å². The number of amides is 1. The van der Waals surface area contributed by atoms with Crippen molar-refractivity contribution in [1.82, 2.24) is 4.90 Å². The van der Waals surface area contributed by atoms with Gasteiger partial charge in [-0.3, -0.25) is 10.2 Å². The number of methoxy groups -OCH3 is 1. The van der Waals surface area contributed by atoms with Gasteiger partial charge in [-0.1, -0.05) is 13.0 Å². The molecule has 0 saturated carbocycles. The second-order valence-corrected chi connectivity index (χ2v) is 9.49. The first kappa shape index (κ1) is 22.5. The topological polar surface area (TPSA) is 152 Å². The van der Waals surface area contributed by atoms with Gasteiger partial charge in [0.05, 0.1) is 36.6 Å². The molecule has 3 heterocycles. The van der Waals surface area contributed by atoms with Crippen molar-refractivity contribution in [3.05, 3.63) is 53.5 Å². The molecule has 1 N–H and O–H groups in total. The fraction of sp³-hybridized carbons (Fsp3) is 0.150. The summed E-state index contributed by atoms with van der Waals surface area (Å²) in [7, 11) is -2.37. The number of nitrogens with zero attached hydrogens (tertiary/aromatic N) is 3. The fourth-order valence-electron chi connectivity index (χ4n) is 2.90. The maximum Gasteiger partial charge on any atom is 0.379 e. The van der Waals surface area contributed by atoms with Gasteiger partial charge in [0.1, 0.15) is 5.84 Å². The molecule has 13 heteroatoms. The van der Waals surface area contributed by atoms with E-state index in [1.165, 1.54) is 50.6 Å². The number of nitrogens with one attached hydrogen (secondary N) is 1. The molecule has 0 unspecified atom stereocenters. The van der Waals surface area contributed by atoms with Crippen LogP contribution in [0.25, 0.3) is 6.08 Å². The summed E-state index contributed by atoms with van der Waals surface area (Å²) in [5, 5.41) is 8.11. The summed E-state index contributed by atoms with van der Waals surface area (Å²) in [5.74, 6) is -1.69. The van der Waals surface area contributed by atoms with Gasteiger partial charge < -0.3 is 13.9 Å². The maximum absolute atomic E-state index is 12.5. The number of esters is 1. The van der Waals surface area contributed by atoms with Crippen LogP contribution in [0.1, 0.15) is 23.0 Å². The Labute approximate surface area is 192 Å². The van der Waals surface area contributed by atoms with Crippen molar-refractivity contribution in [2.75, 3.05) is 12.9 Å². The number of carbonyl (C=O) groups excluding carboxylic acids is 2. The Hall–Kier alpha value is -3.71. The average Bonchev–Trinajstić information content (AvgIpc) is 3.48. The lowest BCUT2D eigenvalue weighted by atomic mass is 10.1. The normalized spacial score (nSPS) is 17.0. The Balaban J connectivity index is 1.65. The summed E-state index contributed by atoms with van der Waals surface area (Å²) in [6.07, 6.45) is 2.71. The lowest BCUT2D eigenvalue weighted by molar-refractivity contribution is -0.114. The summed E-state index contributed by atoms with van der Waals surface area (Å²) in [5.41, 5.74) is 0.294. The zero-order valence-electron chi connectivity index (χ0n) is 17.3. The SMILES string of the molecule is CCS(=O)(=O)C1=NSC2=NC(=O)/C(=C\c3ccc(OC(=O)c4ccco4)c(OC)c3)C(=N)N21. The largest absolute Gasteiger partial charge is 0.493 e. The Morgan fingerprint density at radius 3 is 2.76 bits per heavy atom. The lowest BCUT2D eigenvalue weighted by Crippen LogP contribution is -2.45. The highest BCUT2D eigenvalue weighted by molar-refractivity contribution is 8.16. The van der Waals surface area contributed by atoms with Crippen LogP contribution >= 0.6 is 11.9 Å². The summed E-state index contributed by atoms with van der Waals surface area (Å²) in [4.78, 5) is 29.6. The Kier molecular flexibility index (Phi) is 5.91. The number of ether oxygens (including phenoxy) is 2. The molecule has 2 aromatic rings. The van der Waals surface area contributed by atoms with E-state index in [9.17, 15) is 18.0 Å². The lowest BCUT2D eigenvalue weighted by Gasteiger charge is -2.24. The molecule has 0 aliphatic carbocycles. The number of rotatable bonds is 5. The molecule has 4 rings (SSSR count). The van der Waals surface area contributed by atoms with Gasteiger partial charge in [0.25, 0.3) is 5.91 Å². The van der Waals surface area contributed by atoms with E-state index in [-0.39, 0.29) is 44.8 Å². The molecule has 0 radical (unpaired) electrons. The first-order chi connectivity index (χ1) is 15.7. The van der Waals surface area contributed by atoms with Crippen LogP contribution in [0.15, 0.2) is 56.0 Å². The van der Waals surface area contributed by atoms with Crippen LogP contribution in [0.4, 0.5) is 0 Å². The molecule has 170 valence electrons. The van der Waals surface area contributed by atoms with Gasteiger partial charge in [0, 0.05) is 0 Å². The van der Waals surface area contributed by atoms with E-state index in [0.29, 0.717) is 5.56 Å². The van der Waals surface area contributed by atoms with E-state index < -0.39 is 21.7 Å². The van der Waals surface area contributed by atoms with Gasteiger partial charge in [-0.2, -0.15) is 9.39 Å². The quantitative estimate of drug-likeness (QED) is 0.290. The highest BCUT2D eigenvalue weighted by Gasteiger charge is 2.42. The minimum atomic E-state index is -3.74. The summed E-state index contributed by atoms with van der Waals surface area (Å²) in [6, 6.07) is 7.49. The number of fused-ring (bicyclic) bond motifs is 1. The van der Waals surface area contributed by atoms with Crippen molar-refractivity contribution in [2.24, 2.45) is 9.39 Å². The fourth-order valence-corrected chi connectivity index (χ4v) is 4.86. The van der Waals surface area contributed by atoms with E-state index in [1.54, 1.807) is 6.07 Å². The van der Waals surface area contributed by atoms with Gasteiger partial charge >= 0.3 is 5.97 Å². The summed E-state index contributed by atoms with van der Waals surface area (Å²) < 4.78 is 44.1. The average molecular weight is 489 g/mol. The third-order valence-electron chi connectivity index (χ3n) is 4.58. The molecule has 11 nitrogen and oxygen atoms in total. The third-order valence-corrected chi connectivity index (χ3v) is 6.98. The number of carbonyl (C=O) groups is 2. The van der Waals surface area contributed by atoms with Crippen LogP contribution in [0.2, 0.25) is 0 Å². The van der Waals surface area contributed by atoms with Crippen LogP contribution in [0.5, 0.6) is 11.5 Å².